The van der Waals surface area contributed by atoms with E-state index in [0.717, 1.165) is 16.6 Å². The minimum absolute atomic E-state index is 0.0374. The molecule has 1 heterocycles. The molecule has 0 aliphatic rings. The van der Waals surface area contributed by atoms with Gasteiger partial charge in [-0.15, -0.1) is 0 Å². The topological polar surface area (TPSA) is 55.7 Å². The summed E-state index contributed by atoms with van der Waals surface area (Å²) in [5, 5.41) is 5.64. The van der Waals surface area contributed by atoms with Gasteiger partial charge in [0.05, 0.1) is 24.5 Å². The number of pyridine rings is 1. The normalized spacial score (nSPS) is 11.3. The van der Waals surface area contributed by atoms with E-state index in [1.165, 1.54) is 19.4 Å². The van der Waals surface area contributed by atoms with E-state index in [2.05, 4.69) is 20.2 Å². The van der Waals surface area contributed by atoms with Gasteiger partial charge >= 0.3 is 6.61 Å². The molecule has 0 fully saturated rings. The van der Waals surface area contributed by atoms with Crippen LogP contribution in [0.3, 0.4) is 0 Å². The van der Waals surface area contributed by atoms with Gasteiger partial charge in [0.2, 0.25) is 0 Å². The molecule has 0 amide bonds. The molecule has 0 aliphatic carbocycles. The third-order valence-corrected chi connectivity index (χ3v) is 3.74. The van der Waals surface area contributed by atoms with Crippen LogP contribution in [-0.4, -0.2) is 24.9 Å². The van der Waals surface area contributed by atoms with Crippen LogP contribution in [0, 0.1) is 0 Å². The Bertz CT molecular complexity index is 951. The number of anilines is 1. The number of aromatic nitrogens is 1. The first-order valence-corrected chi connectivity index (χ1v) is 7.91. The molecular formula is C18H14ClF2N3O2. The second-order valence-electron chi connectivity index (χ2n) is 5.18. The highest BCUT2D eigenvalue weighted by Crippen LogP contribution is 2.29. The molecule has 0 radical (unpaired) electrons. The number of hydrazone groups is 1. The second kappa shape index (κ2) is 7.97. The van der Waals surface area contributed by atoms with Gasteiger partial charge in [-0.1, -0.05) is 11.6 Å². The molecule has 0 unspecified atom stereocenters. The molecule has 8 heteroatoms. The summed E-state index contributed by atoms with van der Waals surface area (Å²) in [6.45, 7) is -2.92. The number of alkyl halides is 2. The van der Waals surface area contributed by atoms with E-state index < -0.39 is 6.61 Å². The Morgan fingerprint density at radius 2 is 2.00 bits per heavy atom. The first-order valence-electron chi connectivity index (χ1n) is 7.53. The van der Waals surface area contributed by atoms with Crippen molar-refractivity contribution in [2.45, 2.75) is 6.61 Å². The van der Waals surface area contributed by atoms with E-state index in [-0.39, 0.29) is 11.5 Å². The van der Waals surface area contributed by atoms with Crippen LogP contribution >= 0.6 is 11.6 Å². The lowest BCUT2D eigenvalue weighted by molar-refractivity contribution is -0.0512. The molecule has 1 N–H and O–H groups in total. The van der Waals surface area contributed by atoms with Crippen molar-refractivity contribution in [3.05, 3.63) is 59.2 Å². The van der Waals surface area contributed by atoms with Crippen molar-refractivity contribution in [3.63, 3.8) is 0 Å². The second-order valence-corrected chi connectivity index (χ2v) is 5.62. The maximum absolute atomic E-state index is 12.4. The molecule has 1 aromatic heterocycles. The summed E-state index contributed by atoms with van der Waals surface area (Å²) < 4.78 is 34.2. The molecule has 0 saturated carbocycles. The zero-order valence-corrected chi connectivity index (χ0v) is 14.4. The Hall–Kier alpha value is -2.93. The molecule has 0 bridgehead atoms. The van der Waals surface area contributed by atoms with E-state index in [1.807, 2.05) is 6.07 Å². The lowest BCUT2D eigenvalue weighted by atomic mass is 10.2. The summed E-state index contributed by atoms with van der Waals surface area (Å²) in [5.41, 5.74) is 5.08. The number of fused-ring (bicyclic) bond motifs is 1. The van der Waals surface area contributed by atoms with Crippen LogP contribution in [0.1, 0.15) is 5.56 Å². The lowest BCUT2D eigenvalue weighted by Gasteiger charge is -2.10. The molecule has 0 aliphatic heterocycles. The number of nitrogens with zero attached hydrogens (tertiary/aromatic N) is 2. The summed E-state index contributed by atoms with van der Waals surface area (Å²) in [5.74, 6) is 0.155. The quantitative estimate of drug-likeness (QED) is 0.488. The number of methoxy groups -OCH3 is 1. The largest absolute Gasteiger partial charge is 0.493 e. The standard InChI is InChI=1S/C18H14ClF2N3O2/c1-25-17-8-11(2-5-16(17)26-18(20)21)10-23-24-14-6-7-22-15-9-12(19)3-4-13(14)15/h2-10,18H,1H3,(H,22,24). The monoisotopic (exact) mass is 377 g/mol. The van der Waals surface area contributed by atoms with Gasteiger partial charge in [0.15, 0.2) is 11.5 Å². The highest BCUT2D eigenvalue weighted by atomic mass is 35.5. The van der Waals surface area contributed by atoms with Gasteiger partial charge in [0, 0.05) is 16.6 Å². The van der Waals surface area contributed by atoms with E-state index in [4.69, 9.17) is 16.3 Å². The maximum atomic E-state index is 12.4. The Balaban J connectivity index is 1.79. The van der Waals surface area contributed by atoms with Gasteiger partial charge in [-0.05, 0) is 48.0 Å². The summed E-state index contributed by atoms with van der Waals surface area (Å²) >= 11 is 5.97. The average molecular weight is 378 g/mol. The Morgan fingerprint density at radius 1 is 1.15 bits per heavy atom. The minimum Gasteiger partial charge on any atom is -0.493 e. The van der Waals surface area contributed by atoms with Gasteiger partial charge in [0.1, 0.15) is 0 Å². The molecular weight excluding hydrogens is 364 g/mol. The summed E-state index contributed by atoms with van der Waals surface area (Å²) in [7, 11) is 1.38. The molecule has 0 spiro atoms. The number of hydrogen-bond acceptors (Lipinski definition) is 5. The van der Waals surface area contributed by atoms with Crippen molar-refractivity contribution in [2.75, 3.05) is 12.5 Å². The third-order valence-electron chi connectivity index (χ3n) is 3.51. The fraction of sp³-hybridized carbons (Fsp3) is 0.111. The van der Waals surface area contributed by atoms with Crippen molar-refractivity contribution < 1.29 is 18.3 Å². The molecule has 26 heavy (non-hydrogen) atoms. The Labute approximate surface area is 153 Å². The third kappa shape index (κ3) is 4.18. The molecule has 134 valence electrons. The molecule has 2 aromatic carbocycles. The zero-order valence-electron chi connectivity index (χ0n) is 13.6. The number of benzene rings is 2. The first kappa shape index (κ1) is 17.9. The van der Waals surface area contributed by atoms with Gasteiger partial charge in [-0.2, -0.15) is 13.9 Å². The number of halogens is 3. The number of ether oxygens (including phenoxy) is 2. The van der Waals surface area contributed by atoms with Crippen LogP contribution in [0.15, 0.2) is 53.8 Å². The van der Waals surface area contributed by atoms with Crippen molar-refractivity contribution in [1.82, 2.24) is 4.98 Å². The van der Waals surface area contributed by atoms with E-state index in [9.17, 15) is 8.78 Å². The van der Waals surface area contributed by atoms with Crippen molar-refractivity contribution >= 4 is 34.4 Å². The van der Waals surface area contributed by atoms with Gasteiger partial charge in [0.25, 0.3) is 0 Å². The van der Waals surface area contributed by atoms with E-state index in [0.29, 0.717) is 10.6 Å². The molecule has 0 atom stereocenters. The van der Waals surface area contributed by atoms with E-state index >= 15 is 0 Å². The highest BCUT2D eigenvalue weighted by molar-refractivity contribution is 6.31. The average Bonchev–Trinajstić information content (AvgIpc) is 2.62. The van der Waals surface area contributed by atoms with Crippen LogP contribution in [-0.2, 0) is 0 Å². The van der Waals surface area contributed by atoms with Crippen molar-refractivity contribution in [3.8, 4) is 11.5 Å². The summed E-state index contributed by atoms with van der Waals surface area (Å²) in [6, 6.07) is 11.7. The Morgan fingerprint density at radius 3 is 2.77 bits per heavy atom. The van der Waals surface area contributed by atoms with Crippen LogP contribution < -0.4 is 14.9 Å². The first-order chi connectivity index (χ1) is 12.6. The van der Waals surface area contributed by atoms with Crippen molar-refractivity contribution in [2.24, 2.45) is 5.10 Å². The lowest BCUT2D eigenvalue weighted by Crippen LogP contribution is -2.03. The summed E-state index contributed by atoms with van der Waals surface area (Å²) in [4.78, 5) is 4.26. The number of hydrogen-bond donors (Lipinski definition) is 1. The minimum atomic E-state index is -2.92. The van der Waals surface area contributed by atoms with E-state index in [1.54, 1.807) is 36.5 Å². The van der Waals surface area contributed by atoms with Crippen molar-refractivity contribution in [1.29, 1.82) is 0 Å². The fourth-order valence-corrected chi connectivity index (χ4v) is 2.52. The smallest absolute Gasteiger partial charge is 0.387 e. The molecule has 3 aromatic rings. The SMILES string of the molecule is COc1cc(C=NNc2ccnc3cc(Cl)ccc23)ccc1OC(F)F. The number of nitrogens with one attached hydrogen (secondary N) is 1. The highest BCUT2D eigenvalue weighted by Gasteiger charge is 2.10. The van der Waals surface area contributed by atoms with Gasteiger partial charge in [-0.25, -0.2) is 0 Å². The predicted octanol–water partition coefficient (Wildman–Crippen LogP) is 4.94. The van der Waals surface area contributed by atoms with Crippen LogP contribution in [0.25, 0.3) is 10.9 Å². The molecule has 5 nitrogen and oxygen atoms in total. The summed E-state index contributed by atoms with van der Waals surface area (Å²) in [6.07, 6.45) is 3.19. The van der Waals surface area contributed by atoms with Crippen LogP contribution in [0.2, 0.25) is 5.02 Å². The van der Waals surface area contributed by atoms with Crippen LogP contribution in [0.4, 0.5) is 14.5 Å². The number of rotatable bonds is 6. The Kier molecular flexibility index (Phi) is 5.48. The van der Waals surface area contributed by atoms with Gasteiger partial charge in [-0.3, -0.25) is 10.4 Å². The van der Waals surface area contributed by atoms with Crippen LogP contribution in [0.5, 0.6) is 11.5 Å². The zero-order chi connectivity index (χ0) is 18.5. The molecule has 3 rings (SSSR count). The molecule has 0 saturated heterocycles. The fourth-order valence-electron chi connectivity index (χ4n) is 2.35. The predicted molar refractivity (Wildman–Crippen MR) is 97.6 cm³/mol. The van der Waals surface area contributed by atoms with Gasteiger partial charge < -0.3 is 9.47 Å². The maximum Gasteiger partial charge on any atom is 0.387 e.